The predicted molar refractivity (Wildman–Crippen MR) is 109 cm³/mol. The van der Waals surface area contributed by atoms with Crippen LogP contribution in [0.4, 0.5) is 0 Å². The highest BCUT2D eigenvalue weighted by Crippen LogP contribution is 2.24. The molecule has 3 aromatic rings. The van der Waals surface area contributed by atoms with Gasteiger partial charge in [0.25, 0.3) is 11.5 Å². The van der Waals surface area contributed by atoms with Crippen LogP contribution < -0.4 is 15.6 Å². The quantitative estimate of drug-likeness (QED) is 0.664. The molecule has 0 spiro atoms. The molecule has 148 valence electrons. The molecule has 6 heteroatoms. The number of aromatic nitrogens is 1. The third-order valence-electron chi connectivity index (χ3n) is 4.72. The van der Waals surface area contributed by atoms with E-state index >= 15 is 0 Å². The van der Waals surface area contributed by atoms with Crippen LogP contribution >= 0.6 is 0 Å². The smallest absolute Gasteiger partial charge is 0.262 e. The van der Waals surface area contributed by atoms with E-state index in [4.69, 9.17) is 9.15 Å². The number of fused-ring (bicyclic) bond motifs is 1. The lowest BCUT2D eigenvalue weighted by Crippen LogP contribution is -2.28. The van der Waals surface area contributed by atoms with Gasteiger partial charge in [0.1, 0.15) is 17.1 Å². The highest BCUT2D eigenvalue weighted by molar-refractivity contribution is 6.07. The van der Waals surface area contributed by atoms with Gasteiger partial charge < -0.3 is 19.0 Å². The van der Waals surface area contributed by atoms with Gasteiger partial charge in [-0.1, -0.05) is 19.1 Å². The minimum atomic E-state index is -0.316. The van der Waals surface area contributed by atoms with E-state index < -0.39 is 0 Å². The van der Waals surface area contributed by atoms with Crippen molar-refractivity contribution in [3.8, 4) is 5.75 Å². The van der Waals surface area contributed by atoms with Gasteiger partial charge in [-0.05, 0) is 51.0 Å². The van der Waals surface area contributed by atoms with Gasteiger partial charge in [0, 0.05) is 12.7 Å². The van der Waals surface area contributed by atoms with Crippen molar-refractivity contribution in [3.63, 3.8) is 0 Å². The Morgan fingerprint density at radius 3 is 2.57 bits per heavy atom. The summed E-state index contributed by atoms with van der Waals surface area (Å²) >= 11 is 0. The first kappa shape index (κ1) is 19.7. The van der Waals surface area contributed by atoms with E-state index in [0.717, 1.165) is 17.7 Å². The molecule has 0 saturated heterocycles. The monoisotopic (exact) mass is 382 g/mol. The molecule has 0 aliphatic carbocycles. The fourth-order valence-corrected chi connectivity index (χ4v) is 3.33. The number of benzene rings is 1. The summed E-state index contributed by atoms with van der Waals surface area (Å²) in [6.45, 7) is 8.75. The SMILES string of the molecule is CCCn1ccc2oc(C)c(C(=O)N[C@@H](C)c3ccc(OCC)cc3)c2c1=O. The molecule has 2 aromatic heterocycles. The van der Waals surface area contributed by atoms with Crippen molar-refractivity contribution < 1.29 is 13.9 Å². The van der Waals surface area contributed by atoms with Gasteiger partial charge in [-0.3, -0.25) is 9.59 Å². The van der Waals surface area contributed by atoms with E-state index in [1.807, 2.05) is 45.0 Å². The summed E-state index contributed by atoms with van der Waals surface area (Å²) < 4.78 is 12.7. The fourth-order valence-electron chi connectivity index (χ4n) is 3.33. The molecular formula is C22H26N2O4. The molecule has 6 nitrogen and oxygen atoms in total. The van der Waals surface area contributed by atoms with Crippen LogP contribution in [0.15, 0.2) is 45.7 Å². The van der Waals surface area contributed by atoms with Crippen molar-refractivity contribution in [1.29, 1.82) is 0 Å². The van der Waals surface area contributed by atoms with Crippen LogP contribution in [0.25, 0.3) is 11.0 Å². The summed E-state index contributed by atoms with van der Waals surface area (Å²) in [7, 11) is 0. The van der Waals surface area contributed by atoms with E-state index in [9.17, 15) is 9.59 Å². The average Bonchev–Trinajstić information content (AvgIpc) is 3.02. The third kappa shape index (κ3) is 3.81. The Morgan fingerprint density at radius 1 is 1.21 bits per heavy atom. The Balaban J connectivity index is 1.89. The summed E-state index contributed by atoms with van der Waals surface area (Å²) in [5.74, 6) is 0.916. The minimum Gasteiger partial charge on any atom is -0.494 e. The fraction of sp³-hybridized carbons (Fsp3) is 0.364. The molecule has 28 heavy (non-hydrogen) atoms. The Morgan fingerprint density at radius 2 is 1.93 bits per heavy atom. The topological polar surface area (TPSA) is 73.5 Å². The molecule has 1 aromatic carbocycles. The van der Waals surface area contributed by atoms with Crippen molar-refractivity contribution >= 4 is 16.9 Å². The number of pyridine rings is 1. The van der Waals surface area contributed by atoms with Crippen molar-refractivity contribution in [1.82, 2.24) is 9.88 Å². The zero-order chi connectivity index (χ0) is 20.3. The average molecular weight is 382 g/mol. The first-order chi connectivity index (χ1) is 13.5. The molecule has 2 heterocycles. The Bertz CT molecular complexity index is 1030. The zero-order valence-electron chi connectivity index (χ0n) is 16.7. The summed E-state index contributed by atoms with van der Waals surface area (Å²) in [5, 5.41) is 3.31. The van der Waals surface area contributed by atoms with Crippen molar-refractivity contribution in [2.75, 3.05) is 6.61 Å². The number of aryl methyl sites for hydroxylation is 2. The number of nitrogens with zero attached hydrogens (tertiary/aromatic N) is 1. The summed E-state index contributed by atoms with van der Waals surface area (Å²) in [6.07, 6.45) is 2.54. The number of hydrogen-bond donors (Lipinski definition) is 1. The lowest BCUT2D eigenvalue weighted by atomic mass is 10.1. The number of nitrogens with one attached hydrogen (secondary N) is 1. The first-order valence-corrected chi connectivity index (χ1v) is 9.62. The third-order valence-corrected chi connectivity index (χ3v) is 4.72. The molecule has 0 radical (unpaired) electrons. The summed E-state index contributed by atoms with van der Waals surface area (Å²) in [5.41, 5.74) is 1.50. The molecule has 1 atom stereocenters. The number of amides is 1. The maximum absolute atomic E-state index is 13.0. The van der Waals surface area contributed by atoms with Gasteiger partial charge in [0.2, 0.25) is 0 Å². The standard InChI is InChI=1S/C22H26N2O4/c1-5-12-24-13-11-18-20(22(24)26)19(15(4)28-18)21(25)23-14(3)16-7-9-17(10-8-16)27-6-2/h7-11,13-14H,5-6,12H2,1-4H3,(H,23,25)/t14-/m0/s1. The van der Waals surface area contributed by atoms with Gasteiger partial charge in [-0.15, -0.1) is 0 Å². The van der Waals surface area contributed by atoms with E-state index in [-0.39, 0.29) is 17.5 Å². The van der Waals surface area contributed by atoms with E-state index in [1.54, 1.807) is 23.8 Å². The second kappa shape index (κ2) is 8.33. The lowest BCUT2D eigenvalue weighted by Gasteiger charge is -2.15. The second-order valence-electron chi connectivity index (χ2n) is 6.78. The highest BCUT2D eigenvalue weighted by atomic mass is 16.5. The van der Waals surface area contributed by atoms with Crippen LogP contribution in [-0.4, -0.2) is 17.1 Å². The van der Waals surface area contributed by atoms with E-state index in [2.05, 4.69) is 5.32 Å². The van der Waals surface area contributed by atoms with Crippen molar-refractivity contribution in [3.05, 3.63) is 63.8 Å². The largest absolute Gasteiger partial charge is 0.494 e. The van der Waals surface area contributed by atoms with Crippen LogP contribution in [-0.2, 0) is 6.54 Å². The molecule has 0 bridgehead atoms. The molecule has 0 aliphatic heterocycles. The maximum atomic E-state index is 13.0. The van der Waals surface area contributed by atoms with Crippen molar-refractivity contribution in [2.24, 2.45) is 0 Å². The normalized spacial score (nSPS) is 12.1. The molecule has 0 fully saturated rings. The number of hydrogen-bond acceptors (Lipinski definition) is 4. The molecule has 1 N–H and O–H groups in total. The molecule has 0 aliphatic rings. The maximum Gasteiger partial charge on any atom is 0.262 e. The van der Waals surface area contributed by atoms with Crippen LogP contribution in [0, 0.1) is 6.92 Å². The van der Waals surface area contributed by atoms with E-state index in [0.29, 0.717) is 35.4 Å². The number of furan rings is 1. The lowest BCUT2D eigenvalue weighted by molar-refractivity contribution is 0.0939. The van der Waals surface area contributed by atoms with Gasteiger partial charge >= 0.3 is 0 Å². The van der Waals surface area contributed by atoms with Crippen LogP contribution in [0.1, 0.15) is 54.9 Å². The van der Waals surface area contributed by atoms with Gasteiger partial charge in [-0.25, -0.2) is 0 Å². The Hall–Kier alpha value is -3.02. The zero-order valence-corrected chi connectivity index (χ0v) is 16.7. The van der Waals surface area contributed by atoms with Crippen LogP contribution in [0.3, 0.4) is 0 Å². The Labute approximate surface area is 164 Å². The molecule has 1 amide bonds. The van der Waals surface area contributed by atoms with Gasteiger partial charge in [-0.2, -0.15) is 0 Å². The highest BCUT2D eigenvalue weighted by Gasteiger charge is 2.23. The number of rotatable bonds is 7. The Kier molecular flexibility index (Phi) is 5.87. The molecule has 0 saturated carbocycles. The van der Waals surface area contributed by atoms with E-state index in [1.165, 1.54) is 0 Å². The first-order valence-electron chi connectivity index (χ1n) is 9.62. The molecular weight excluding hydrogens is 356 g/mol. The van der Waals surface area contributed by atoms with Gasteiger partial charge in [0.05, 0.1) is 23.6 Å². The van der Waals surface area contributed by atoms with Gasteiger partial charge in [0.15, 0.2) is 0 Å². The number of ether oxygens (including phenoxy) is 1. The number of carbonyl (C=O) groups excluding carboxylic acids is 1. The van der Waals surface area contributed by atoms with Crippen LogP contribution in [0.2, 0.25) is 0 Å². The summed E-state index contributed by atoms with van der Waals surface area (Å²) in [6, 6.07) is 9.11. The van der Waals surface area contributed by atoms with Crippen molar-refractivity contribution in [2.45, 2.75) is 46.7 Å². The minimum absolute atomic E-state index is 0.199. The predicted octanol–water partition coefficient (Wildman–Crippen LogP) is 4.20. The van der Waals surface area contributed by atoms with Crippen LogP contribution in [0.5, 0.6) is 5.75 Å². The molecule has 0 unspecified atom stereocenters. The number of carbonyl (C=O) groups is 1. The molecule has 3 rings (SSSR count). The summed E-state index contributed by atoms with van der Waals surface area (Å²) in [4.78, 5) is 25.8. The second-order valence-corrected chi connectivity index (χ2v) is 6.78.